The number of carbonyl (C=O) groups excluding carboxylic acids is 2. The average molecular weight is 336 g/mol. The number of hydrogen-bond donors (Lipinski definition) is 1. The first-order valence-electron chi connectivity index (χ1n) is 8.32. The molecule has 0 spiro atoms. The number of rotatable bonds is 5. The van der Waals surface area contributed by atoms with Gasteiger partial charge in [-0.25, -0.2) is 9.45 Å². The first kappa shape index (κ1) is 18.4. The third-order valence-electron chi connectivity index (χ3n) is 4.57. The van der Waals surface area contributed by atoms with Crippen molar-refractivity contribution < 1.29 is 18.8 Å². The van der Waals surface area contributed by atoms with Gasteiger partial charge < -0.3 is 5.32 Å². The maximum Gasteiger partial charge on any atom is 0.279 e. The Kier molecular flexibility index (Phi) is 6.31. The highest BCUT2D eigenvalue weighted by Gasteiger charge is 2.23. The summed E-state index contributed by atoms with van der Waals surface area (Å²) in [5.41, 5.74) is 0.379. The van der Waals surface area contributed by atoms with E-state index in [0.29, 0.717) is 23.9 Å². The second-order valence-corrected chi connectivity index (χ2v) is 6.57. The molecule has 2 atom stereocenters. The molecule has 0 heterocycles. The van der Waals surface area contributed by atoms with Crippen LogP contribution in [0, 0.1) is 17.7 Å². The smallest absolute Gasteiger partial charge is 0.279 e. The molecule has 0 aromatic heterocycles. The largest absolute Gasteiger partial charge is 0.325 e. The molecule has 2 rings (SSSR count). The van der Waals surface area contributed by atoms with E-state index in [4.69, 9.17) is 4.84 Å². The van der Waals surface area contributed by atoms with Crippen LogP contribution >= 0.6 is 0 Å². The van der Waals surface area contributed by atoms with Gasteiger partial charge in [0.25, 0.3) is 5.91 Å². The van der Waals surface area contributed by atoms with Gasteiger partial charge in [-0.05, 0) is 42.9 Å². The van der Waals surface area contributed by atoms with E-state index in [1.165, 1.54) is 32.7 Å². The first-order chi connectivity index (χ1) is 11.4. The minimum absolute atomic E-state index is 0.0738. The summed E-state index contributed by atoms with van der Waals surface area (Å²) in [6, 6.07) is 3.74. The van der Waals surface area contributed by atoms with Crippen molar-refractivity contribution in [3.05, 3.63) is 29.6 Å². The Morgan fingerprint density at radius 3 is 2.79 bits per heavy atom. The van der Waals surface area contributed by atoms with Crippen LogP contribution in [-0.4, -0.2) is 31.0 Å². The van der Waals surface area contributed by atoms with Crippen molar-refractivity contribution >= 4 is 17.5 Å². The normalized spacial score (nSPS) is 20.5. The molecule has 1 N–H and O–H groups in total. The van der Waals surface area contributed by atoms with Gasteiger partial charge in [-0.2, -0.15) is 0 Å². The van der Waals surface area contributed by atoms with Crippen LogP contribution in [0.15, 0.2) is 18.2 Å². The summed E-state index contributed by atoms with van der Waals surface area (Å²) in [6.45, 7) is 2.21. The van der Waals surface area contributed by atoms with Gasteiger partial charge in [0.2, 0.25) is 5.91 Å². The molecule has 1 aliphatic carbocycles. The fraction of sp³-hybridized carbons (Fsp3) is 0.556. The fourth-order valence-electron chi connectivity index (χ4n) is 3.26. The van der Waals surface area contributed by atoms with E-state index in [-0.39, 0.29) is 11.5 Å². The van der Waals surface area contributed by atoms with Gasteiger partial charge in [0.1, 0.15) is 5.82 Å². The number of anilines is 1. The highest BCUT2D eigenvalue weighted by Crippen LogP contribution is 2.31. The number of nitrogens with zero attached hydrogens (tertiary/aromatic N) is 1. The van der Waals surface area contributed by atoms with Crippen molar-refractivity contribution in [1.29, 1.82) is 0 Å². The molecule has 0 radical (unpaired) electrons. The highest BCUT2D eigenvalue weighted by atomic mass is 19.1. The van der Waals surface area contributed by atoms with Gasteiger partial charge >= 0.3 is 0 Å². The summed E-state index contributed by atoms with van der Waals surface area (Å²) < 4.78 is 13.5. The second kappa shape index (κ2) is 8.24. The summed E-state index contributed by atoms with van der Waals surface area (Å²) in [5, 5.41) is 3.74. The van der Waals surface area contributed by atoms with E-state index in [2.05, 4.69) is 12.2 Å². The van der Waals surface area contributed by atoms with Crippen LogP contribution in [0.25, 0.3) is 0 Å². The Balaban J connectivity index is 2.08. The first-order valence-corrected chi connectivity index (χ1v) is 8.32. The number of hydroxylamine groups is 2. The number of amides is 2. The summed E-state index contributed by atoms with van der Waals surface area (Å²) >= 11 is 0. The lowest BCUT2D eigenvalue weighted by molar-refractivity contribution is -0.117. The molecule has 5 nitrogen and oxygen atoms in total. The molecule has 0 unspecified atom stereocenters. The molecule has 2 amide bonds. The highest BCUT2D eigenvalue weighted by molar-refractivity contribution is 6.03. The van der Waals surface area contributed by atoms with Crippen LogP contribution in [0.5, 0.6) is 0 Å². The molecule has 1 aromatic carbocycles. The monoisotopic (exact) mass is 336 g/mol. The van der Waals surface area contributed by atoms with Gasteiger partial charge in [-0.1, -0.05) is 19.8 Å². The Bertz CT molecular complexity index is 606. The van der Waals surface area contributed by atoms with E-state index in [1.807, 2.05) is 0 Å². The minimum Gasteiger partial charge on any atom is -0.325 e. The van der Waals surface area contributed by atoms with Gasteiger partial charge in [0.15, 0.2) is 0 Å². The van der Waals surface area contributed by atoms with Crippen LogP contribution in [0.3, 0.4) is 0 Å². The standard InChI is InChI=1S/C18H25FN2O3/c1-12-5-4-6-13(9-12)10-17(22)20-16-8-7-14(19)11-15(16)18(23)21(2)24-3/h7-8,11-13H,4-6,9-10H2,1-3H3,(H,20,22)/t12-,13-/m0/s1. The predicted molar refractivity (Wildman–Crippen MR) is 89.9 cm³/mol. The molecule has 1 saturated carbocycles. The summed E-state index contributed by atoms with van der Waals surface area (Å²) in [7, 11) is 2.78. The molecule has 1 aromatic rings. The molecule has 1 aliphatic rings. The number of carbonyl (C=O) groups is 2. The zero-order valence-electron chi connectivity index (χ0n) is 14.5. The maximum atomic E-state index is 13.5. The lowest BCUT2D eigenvalue weighted by Gasteiger charge is -2.26. The van der Waals surface area contributed by atoms with Crippen molar-refractivity contribution in [2.24, 2.45) is 11.8 Å². The van der Waals surface area contributed by atoms with E-state index in [9.17, 15) is 14.0 Å². The predicted octanol–water partition coefficient (Wildman–Crippen LogP) is 3.61. The Morgan fingerprint density at radius 1 is 1.38 bits per heavy atom. The lowest BCUT2D eigenvalue weighted by Crippen LogP contribution is -2.27. The van der Waals surface area contributed by atoms with E-state index < -0.39 is 11.7 Å². The summed E-state index contributed by atoms with van der Waals surface area (Å²) in [4.78, 5) is 29.4. The lowest BCUT2D eigenvalue weighted by atomic mass is 9.81. The van der Waals surface area contributed by atoms with Gasteiger partial charge in [0.05, 0.1) is 18.4 Å². The van der Waals surface area contributed by atoms with E-state index >= 15 is 0 Å². The molecule has 1 fully saturated rings. The average Bonchev–Trinajstić information content (AvgIpc) is 2.55. The topological polar surface area (TPSA) is 58.6 Å². The number of hydrogen-bond acceptors (Lipinski definition) is 3. The van der Waals surface area contributed by atoms with Crippen molar-refractivity contribution in [3.63, 3.8) is 0 Å². The SMILES string of the molecule is CON(C)C(=O)c1cc(F)ccc1NC(=O)C[C@H]1CCC[C@H](C)C1. The number of halogens is 1. The number of nitrogens with one attached hydrogen (secondary N) is 1. The summed E-state index contributed by atoms with van der Waals surface area (Å²) in [5.74, 6) is -0.180. The van der Waals surface area contributed by atoms with E-state index in [0.717, 1.165) is 30.4 Å². The fourth-order valence-corrected chi connectivity index (χ4v) is 3.26. The van der Waals surface area contributed by atoms with Crippen LogP contribution < -0.4 is 5.32 Å². The number of benzene rings is 1. The van der Waals surface area contributed by atoms with Crippen LogP contribution in [-0.2, 0) is 9.63 Å². The molecule has 6 heteroatoms. The van der Waals surface area contributed by atoms with Gasteiger partial charge in [0, 0.05) is 13.5 Å². The van der Waals surface area contributed by atoms with Crippen LogP contribution in [0.2, 0.25) is 0 Å². The summed E-state index contributed by atoms with van der Waals surface area (Å²) in [6.07, 6.45) is 4.90. The second-order valence-electron chi connectivity index (χ2n) is 6.57. The van der Waals surface area contributed by atoms with Crippen molar-refractivity contribution in [2.45, 2.75) is 39.0 Å². The maximum absolute atomic E-state index is 13.5. The molecule has 0 saturated heterocycles. The molecule has 0 bridgehead atoms. The Morgan fingerprint density at radius 2 is 2.12 bits per heavy atom. The zero-order chi connectivity index (χ0) is 17.7. The van der Waals surface area contributed by atoms with Crippen LogP contribution in [0.1, 0.15) is 49.4 Å². The molecule has 24 heavy (non-hydrogen) atoms. The quantitative estimate of drug-likeness (QED) is 0.836. The Labute approximate surface area is 142 Å². The van der Waals surface area contributed by atoms with Gasteiger partial charge in [-0.15, -0.1) is 0 Å². The Hall–Kier alpha value is -1.95. The third-order valence-corrected chi connectivity index (χ3v) is 4.57. The molecular weight excluding hydrogens is 311 g/mol. The van der Waals surface area contributed by atoms with Crippen molar-refractivity contribution in [3.8, 4) is 0 Å². The zero-order valence-corrected chi connectivity index (χ0v) is 14.5. The minimum atomic E-state index is -0.540. The van der Waals surface area contributed by atoms with Crippen molar-refractivity contribution in [1.82, 2.24) is 5.06 Å². The van der Waals surface area contributed by atoms with Crippen LogP contribution in [0.4, 0.5) is 10.1 Å². The van der Waals surface area contributed by atoms with E-state index in [1.54, 1.807) is 0 Å². The van der Waals surface area contributed by atoms with Crippen molar-refractivity contribution in [2.75, 3.05) is 19.5 Å². The third kappa shape index (κ3) is 4.77. The molecule has 0 aliphatic heterocycles. The molecule has 132 valence electrons. The van der Waals surface area contributed by atoms with Gasteiger partial charge in [-0.3, -0.25) is 14.4 Å². The molecular formula is C18H25FN2O3.